The van der Waals surface area contributed by atoms with Crippen LogP contribution in [-0.2, 0) is 16.1 Å². The zero-order chi connectivity index (χ0) is 13.9. The number of hydrogen-bond donors (Lipinski definition) is 4. The zero-order valence-electron chi connectivity index (χ0n) is 10.3. The molecular weight excluding hydrogens is 252 g/mol. The Morgan fingerprint density at radius 3 is 2.58 bits per heavy atom. The Balaban J connectivity index is 1.88. The van der Waals surface area contributed by atoms with E-state index < -0.39 is 24.1 Å². The van der Waals surface area contributed by atoms with Crippen molar-refractivity contribution in [1.29, 1.82) is 0 Å². The van der Waals surface area contributed by atoms with Crippen LogP contribution in [0.4, 0.5) is 0 Å². The van der Waals surface area contributed by atoms with Crippen molar-refractivity contribution >= 4 is 0 Å². The van der Waals surface area contributed by atoms with E-state index in [-0.39, 0.29) is 19.8 Å². The second kappa shape index (κ2) is 5.96. The third kappa shape index (κ3) is 3.30. The molecule has 0 bridgehead atoms. The third-order valence-corrected chi connectivity index (χ3v) is 3.10. The van der Waals surface area contributed by atoms with Crippen molar-refractivity contribution in [2.24, 2.45) is 0 Å². The molecule has 0 aliphatic carbocycles. The summed E-state index contributed by atoms with van der Waals surface area (Å²) in [5.74, 6) is -2.01. The van der Waals surface area contributed by atoms with Crippen LogP contribution in [-0.4, -0.2) is 57.7 Å². The summed E-state index contributed by atoms with van der Waals surface area (Å²) in [4.78, 5) is 0. The van der Waals surface area contributed by atoms with Crippen molar-refractivity contribution in [3.05, 3.63) is 35.9 Å². The molecule has 6 nitrogen and oxygen atoms in total. The van der Waals surface area contributed by atoms with Crippen LogP contribution < -0.4 is 0 Å². The van der Waals surface area contributed by atoms with Crippen LogP contribution in [0, 0.1) is 0 Å². The summed E-state index contributed by atoms with van der Waals surface area (Å²) in [7, 11) is 0. The van der Waals surface area contributed by atoms with Crippen LogP contribution in [0.5, 0.6) is 0 Å². The van der Waals surface area contributed by atoms with E-state index in [9.17, 15) is 20.4 Å². The summed E-state index contributed by atoms with van der Waals surface area (Å²) in [5.41, 5.74) is 0.914. The average Bonchev–Trinajstić information content (AvgIpc) is 2.43. The van der Waals surface area contributed by atoms with E-state index in [1.165, 1.54) is 0 Å². The molecule has 0 radical (unpaired) electrons. The number of hydrogen-bond acceptors (Lipinski definition) is 6. The van der Waals surface area contributed by atoms with Gasteiger partial charge < -0.3 is 29.9 Å². The molecule has 4 N–H and O–H groups in total. The van der Waals surface area contributed by atoms with Gasteiger partial charge in [0.1, 0.15) is 24.9 Å². The molecule has 1 fully saturated rings. The molecule has 6 heteroatoms. The van der Waals surface area contributed by atoms with Crippen LogP contribution in [0.2, 0.25) is 0 Å². The summed E-state index contributed by atoms with van der Waals surface area (Å²) in [6, 6.07) is 9.32. The maximum Gasteiger partial charge on any atom is 0.219 e. The highest BCUT2D eigenvalue weighted by atomic mass is 16.7. The Morgan fingerprint density at radius 2 is 1.89 bits per heavy atom. The second-order valence-corrected chi connectivity index (χ2v) is 4.64. The van der Waals surface area contributed by atoms with Crippen LogP contribution in [0.1, 0.15) is 5.56 Å². The Bertz CT molecular complexity index is 397. The highest BCUT2D eigenvalue weighted by Crippen LogP contribution is 2.24. The highest BCUT2D eigenvalue weighted by Gasteiger charge is 2.48. The molecule has 0 spiro atoms. The van der Waals surface area contributed by atoms with Gasteiger partial charge in [0.15, 0.2) is 0 Å². The lowest BCUT2D eigenvalue weighted by Gasteiger charge is -2.41. The molecule has 2 rings (SSSR count). The summed E-state index contributed by atoms with van der Waals surface area (Å²) >= 11 is 0. The van der Waals surface area contributed by atoms with E-state index in [4.69, 9.17) is 9.47 Å². The van der Waals surface area contributed by atoms with Gasteiger partial charge in [-0.15, -0.1) is 0 Å². The first-order chi connectivity index (χ1) is 9.03. The van der Waals surface area contributed by atoms with Crippen molar-refractivity contribution in [1.82, 2.24) is 0 Å². The zero-order valence-corrected chi connectivity index (χ0v) is 10.3. The monoisotopic (exact) mass is 270 g/mol. The highest BCUT2D eigenvalue weighted by molar-refractivity contribution is 5.13. The van der Waals surface area contributed by atoms with Gasteiger partial charge in [0, 0.05) is 0 Å². The van der Waals surface area contributed by atoms with Crippen LogP contribution in [0.3, 0.4) is 0 Å². The van der Waals surface area contributed by atoms with Gasteiger partial charge in [-0.25, -0.2) is 0 Å². The van der Waals surface area contributed by atoms with Gasteiger partial charge in [-0.3, -0.25) is 0 Å². The molecule has 1 aromatic carbocycles. The van der Waals surface area contributed by atoms with Gasteiger partial charge in [0.2, 0.25) is 5.79 Å². The Labute approximate surface area is 110 Å². The molecule has 106 valence electrons. The van der Waals surface area contributed by atoms with Gasteiger partial charge in [-0.1, -0.05) is 30.3 Å². The van der Waals surface area contributed by atoms with Gasteiger partial charge in [-0.05, 0) is 5.56 Å². The molecule has 1 aliphatic heterocycles. The van der Waals surface area contributed by atoms with Gasteiger partial charge in [0.25, 0.3) is 0 Å². The number of aliphatic hydroxyl groups is 4. The van der Waals surface area contributed by atoms with E-state index in [0.29, 0.717) is 0 Å². The maximum atomic E-state index is 10.0. The van der Waals surface area contributed by atoms with Crippen molar-refractivity contribution in [2.75, 3.05) is 13.2 Å². The van der Waals surface area contributed by atoms with E-state index >= 15 is 0 Å². The summed E-state index contributed by atoms with van der Waals surface area (Å²) in [6.45, 7) is -0.311. The largest absolute Gasteiger partial charge is 0.388 e. The fourth-order valence-corrected chi connectivity index (χ4v) is 1.91. The van der Waals surface area contributed by atoms with Gasteiger partial charge >= 0.3 is 0 Å². The lowest BCUT2D eigenvalue weighted by molar-refractivity contribution is -0.335. The Hall–Kier alpha value is -1.02. The van der Waals surface area contributed by atoms with Crippen LogP contribution in [0.25, 0.3) is 0 Å². The smallest absolute Gasteiger partial charge is 0.219 e. The molecule has 4 atom stereocenters. The van der Waals surface area contributed by atoms with E-state index in [2.05, 4.69) is 0 Å². The minimum absolute atomic E-state index is 0.248. The topological polar surface area (TPSA) is 99.4 Å². The predicted octanol–water partition coefficient (Wildman–Crippen LogP) is -0.995. The van der Waals surface area contributed by atoms with Gasteiger partial charge in [-0.2, -0.15) is 0 Å². The lowest BCUT2D eigenvalue weighted by Crippen LogP contribution is -2.62. The molecule has 0 unspecified atom stereocenters. The van der Waals surface area contributed by atoms with Gasteiger partial charge in [0.05, 0.1) is 13.2 Å². The summed E-state index contributed by atoms with van der Waals surface area (Å²) in [6.07, 6.45) is -4.30. The lowest BCUT2D eigenvalue weighted by atomic mass is 9.97. The van der Waals surface area contributed by atoms with E-state index in [1.54, 1.807) is 0 Å². The molecule has 1 heterocycles. The second-order valence-electron chi connectivity index (χ2n) is 4.64. The van der Waals surface area contributed by atoms with Crippen LogP contribution >= 0.6 is 0 Å². The molecule has 0 aromatic heterocycles. The van der Waals surface area contributed by atoms with Crippen molar-refractivity contribution in [2.45, 2.75) is 30.7 Å². The van der Waals surface area contributed by atoms with E-state index in [1.807, 2.05) is 30.3 Å². The molecule has 1 aliphatic rings. The average molecular weight is 270 g/mol. The predicted molar refractivity (Wildman–Crippen MR) is 65.0 cm³/mol. The quantitative estimate of drug-likeness (QED) is 0.560. The Morgan fingerprint density at radius 1 is 1.21 bits per heavy atom. The normalized spacial score (nSPS) is 35.3. The van der Waals surface area contributed by atoms with Crippen molar-refractivity contribution < 1.29 is 29.9 Å². The number of rotatable bonds is 4. The molecule has 1 saturated heterocycles. The third-order valence-electron chi connectivity index (χ3n) is 3.10. The van der Waals surface area contributed by atoms with Crippen molar-refractivity contribution in [3.63, 3.8) is 0 Å². The number of benzene rings is 1. The Kier molecular flexibility index (Phi) is 4.51. The first-order valence-electron chi connectivity index (χ1n) is 6.05. The first-order valence-corrected chi connectivity index (χ1v) is 6.05. The van der Waals surface area contributed by atoms with E-state index in [0.717, 1.165) is 5.56 Å². The van der Waals surface area contributed by atoms with Crippen LogP contribution in [0.15, 0.2) is 30.3 Å². The minimum Gasteiger partial charge on any atom is -0.388 e. The minimum atomic E-state index is -2.01. The number of aliphatic hydroxyl groups excluding tert-OH is 3. The summed E-state index contributed by atoms with van der Waals surface area (Å²) < 4.78 is 10.3. The standard InChI is InChI=1S/C13H18O6/c14-10-7-19-13(17,12(16)11(10)15)8-18-6-9-4-2-1-3-5-9/h1-5,10-12,14-17H,6-8H2/t10-,11-,12+,13+/m1/s1. The number of ether oxygens (including phenoxy) is 2. The molecular formula is C13H18O6. The first kappa shape index (κ1) is 14.4. The molecule has 0 saturated carbocycles. The molecule has 0 amide bonds. The SMILES string of the molecule is O[C@@H]1[C@H](O)CO[C@@](O)(COCc2ccccc2)[C@H]1O. The maximum absolute atomic E-state index is 10.0. The fourth-order valence-electron chi connectivity index (χ4n) is 1.91. The fraction of sp³-hybridized carbons (Fsp3) is 0.538. The molecule has 19 heavy (non-hydrogen) atoms. The molecule has 1 aromatic rings. The summed E-state index contributed by atoms with van der Waals surface area (Å²) in [5, 5.41) is 38.5. The van der Waals surface area contributed by atoms with Crippen molar-refractivity contribution in [3.8, 4) is 0 Å².